The van der Waals surface area contributed by atoms with Gasteiger partial charge in [-0.15, -0.1) is 11.3 Å². The Hall–Kier alpha value is -2.08. The second-order valence-electron chi connectivity index (χ2n) is 4.52. The molecule has 1 aromatic heterocycles. The molecule has 1 aromatic carbocycles. The molecule has 0 radical (unpaired) electrons. The van der Waals surface area contributed by atoms with Crippen LogP contribution in [-0.4, -0.2) is 24.4 Å². The molecule has 0 bridgehead atoms. The van der Waals surface area contributed by atoms with E-state index in [1.807, 2.05) is 31.4 Å². The number of nitrogens with one attached hydrogen (secondary N) is 1. The van der Waals surface area contributed by atoms with Crippen molar-refractivity contribution >= 4 is 22.7 Å². The first kappa shape index (κ1) is 12.9. The lowest BCUT2D eigenvalue weighted by Crippen LogP contribution is -2.15. The predicted molar refractivity (Wildman–Crippen MR) is 80.2 cm³/mol. The van der Waals surface area contributed by atoms with Crippen LogP contribution in [0.1, 0.15) is 16.8 Å². The van der Waals surface area contributed by atoms with Crippen molar-refractivity contribution in [2.45, 2.75) is 13.8 Å². The number of hydrogen-bond acceptors (Lipinski definition) is 6. The highest BCUT2D eigenvalue weighted by atomic mass is 32.1. The lowest BCUT2D eigenvalue weighted by Gasteiger charge is -2.19. The zero-order valence-corrected chi connectivity index (χ0v) is 12.2. The SMILES string of the molecule is Cc1csc(NN=Cc2cc3c(cc2C)OCCO3)n1. The van der Waals surface area contributed by atoms with Crippen molar-refractivity contribution in [2.24, 2.45) is 5.10 Å². The van der Waals surface area contributed by atoms with Crippen LogP contribution in [0.5, 0.6) is 11.5 Å². The number of hydrogen-bond donors (Lipinski definition) is 1. The average molecular weight is 289 g/mol. The second kappa shape index (κ2) is 5.50. The van der Waals surface area contributed by atoms with Crippen LogP contribution >= 0.6 is 11.3 Å². The Labute approximate surface area is 121 Å². The van der Waals surface area contributed by atoms with Crippen molar-refractivity contribution in [1.82, 2.24) is 4.98 Å². The van der Waals surface area contributed by atoms with E-state index in [4.69, 9.17) is 9.47 Å². The number of benzene rings is 1. The van der Waals surface area contributed by atoms with Gasteiger partial charge in [-0.25, -0.2) is 4.98 Å². The third-order valence-electron chi connectivity index (χ3n) is 2.91. The van der Waals surface area contributed by atoms with Crippen molar-refractivity contribution in [3.05, 3.63) is 34.3 Å². The fourth-order valence-corrected chi connectivity index (χ4v) is 2.54. The number of aromatic nitrogens is 1. The molecule has 0 atom stereocenters. The molecule has 0 unspecified atom stereocenters. The summed E-state index contributed by atoms with van der Waals surface area (Å²) >= 11 is 1.53. The van der Waals surface area contributed by atoms with Crippen LogP contribution < -0.4 is 14.9 Å². The standard InChI is InChI=1S/C14H15N3O2S/c1-9-5-12-13(19-4-3-18-12)6-11(9)7-15-17-14-16-10(2)8-20-14/h5-8H,3-4H2,1-2H3,(H,16,17). The minimum Gasteiger partial charge on any atom is -0.486 e. The summed E-state index contributed by atoms with van der Waals surface area (Å²) in [4.78, 5) is 4.28. The molecule has 1 aliphatic rings. The van der Waals surface area contributed by atoms with Crippen LogP contribution in [0, 0.1) is 13.8 Å². The zero-order chi connectivity index (χ0) is 13.9. The molecule has 3 rings (SSSR count). The van der Waals surface area contributed by atoms with Crippen LogP contribution in [0.2, 0.25) is 0 Å². The first-order valence-corrected chi connectivity index (χ1v) is 7.22. The van der Waals surface area contributed by atoms with Crippen LogP contribution in [0.15, 0.2) is 22.6 Å². The molecule has 2 heterocycles. The molecule has 0 saturated heterocycles. The Bertz CT molecular complexity index is 652. The number of anilines is 1. The van der Waals surface area contributed by atoms with Gasteiger partial charge in [-0.3, -0.25) is 5.43 Å². The van der Waals surface area contributed by atoms with Crippen molar-refractivity contribution in [3.63, 3.8) is 0 Å². The van der Waals surface area contributed by atoms with Gasteiger partial charge in [0.25, 0.3) is 0 Å². The quantitative estimate of drug-likeness (QED) is 0.697. The smallest absolute Gasteiger partial charge is 0.203 e. The number of ether oxygens (including phenoxy) is 2. The predicted octanol–water partition coefficient (Wildman–Crippen LogP) is 2.98. The normalized spacial score (nSPS) is 13.7. The van der Waals surface area contributed by atoms with E-state index in [1.165, 1.54) is 11.3 Å². The van der Waals surface area contributed by atoms with Gasteiger partial charge in [0.05, 0.1) is 11.9 Å². The molecule has 0 spiro atoms. The molecule has 20 heavy (non-hydrogen) atoms. The van der Waals surface area contributed by atoms with E-state index in [1.54, 1.807) is 6.21 Å². The average Bonchev–Trinajstić information content (AvgIpc) is 2.85. The van der Waals surface area contributed by atoms with E-state index < -0.39 is 0 Å². The van der Waals surface area contributed by atoms with Gasteiger partial charge >= 0.3 is 0 Å². The highest BCUT2D eigenvalue weighted by Crippen LogP contribution is 2.32. The molecule has 2 aromatic rings. The second-order valence-corrected chi connectivity index (χ2v) is 5.37. The van der Waals surface area contributed by atoms with Gasteiger partial charge in [-0.1, -0.05) is 0 Å². The molecule has 1 N–H and O–H groups in total. The van der Waals surface area contributed by atoms with Gasteiger partial charge in [0.2, 0.25) is 5.13 Å². The van der Waals surface area contributed by atoms with Gasteiger partial charge in [-0.05, 0) is 31.5 Å². The van der Waals surface area contributed by atoms with Gasteiger partial charge in [0.1, 0.15) is 13.2 Å². The highest BCUT2D eigenvalue weighted by Gasteiger charge is 2.13. The maximum Gasteiger partial charge on any atom is 0.203 e. The Morgan fingerprint density at radius 2 is 2.00 bits per heavy atom. The number of rotatable bonds is 3. The van der Waals surface area contributed by atoms with Crippen LogP contribution in [0.25, 0.3) is 0 Å². The largest absolute Gasteiger partial charge is 0.486 e. The summed E-state index contributed by atoms with van der Waals surface area (Å²) in [6.07, 6.45) is 1.77. The van der Waals surface area contributed by atoms with Crippen LogP contribution in [0.3, 0.4) is 0 Å². The van der Waals surface area contributed by atoms with Crippen molar-refractivity contribution in [1.29, 1.82) is 0 Å². The molecule has 0 aliphatic carbocycles. The minimum absolute atomic E-state index is 0.587. The zero-order valence-electron chi connectivity index (χ0n) is 11.3. The number of thiazole rings is 1. The summed E-state index contributed by atoms with van der Waals surface area (Å²) in [7, 11) is 0. The van der Waals surface area contributed by atoms with Crippen LogP contribution in [-0.2, 0) is 0 Å². The van der Waals surface area contributed by atoms with Gasteiger partial charge in [-0.2, -0.15) is 5.10 Å². The number of nitrogens with zero attached hydrogens (tertiary/aromatic N) is 2. The fraction of sp³-hybridized carbons (Fsp3) is 0.286. The first-order valence-electron chi connectivity index (χ1n) is 6.34. The molecule has 6 heteroatoms. The maximum atomic E-state index is 5.57. The van der Waals surface area contributed by atoms with Gasteiger partial charge in [0, 0.05) is 10.9 Å². The Morgan fingerprint density at radius 1 is 1.25 bits per heavy atom. The summed E-state index contributed by atoms with van der Waals surface area (Å²) in [6, 6.07) is 3.92. The van der Waals surface area contributed by atoms with E-state index in [0.717, 1.165) is 33.5 Å². The maximum absolute atomic E-state index is 5.57. The van der Waals surface area contributed by atoms with E-state index in [2.05, 4.69) is 15.5 Å². The van der Waals surface area contributed by atoms with Gasteiger partial charge in [0.15, 0.2) is 11.5 Å². The highest BCUT2D eigenvalue weighted by molar-refractivity contribution is 7.13. The molecule has 5 nitrogen and oxygen atoms in total. The van der Waals surface area contributed by atoms with E-state index in [9.17, 15) is 0 Å². The van der Waals surface area contributed by atoms with Crippen molar-refractivity contribution in [3.8, 4) is 11.5 Å². The molecule has 1 aliphatic heterocycles. The molecule has 104 valence electrons. The molecule has 0 amide bonds. The topological polar surface area (TPSA) is 55.7 Å². The van der Waals surface area contributed by atoms with Gasteiger partial charge < -0.3 is 9.47 Å². The summed E-state index contributed by atoms with van der Waals surface area (Å²) in [5.41, 5.74) is 6.00. The third-order valence-corrected chi connectivity index (χ3v) is 3.78. The van der Waals surface area contributed by atoms with E-state index in [0.29, 0.717) is 13.2 Å². The lowest BCUT2D eigenvalue weighted by molar-refractivity contribution is 0.171. The van der Waals surface area contributed by atoms with Crippen molar-refractivity contribution < 1.29 is 9.47 Å². The third kappa shape index (κ3) is 2.75. The van der Waals surface area contributed by atoms with E-state index >= 15 is 0 Å². The molecular weight excluding hydrogens is 274 g/mol. The summed E-state index contributed by atoms with van der Waals surface area (Å²) in [5.74, 6) is 1.57. The number of hydrazone groups is 1. The van der Waals surface area contributed by atoms with E-state index in [-0.39, 0.29) is 0 Å². The molecule has 0 saturated carbocycles. The summed E-state index contributed by atoms with van der Waals surface area (Å²) in [6.45, 7) is 5.16. The monoisotopic (exact) mass is 289 g/mol. The van der Waals surface area contributed by atoms with Crippen LogP contribution in [0.4, 0.5) is 5.13 Å². The first-order chi connectivity index (χ1) is 9.72. The summed E-state index contributed by atoms with van der Waals surface area (Å²) < 4.78 is 11.1. The summed E-state index contributed by atoms with van der Waals surface area (Å²) in [5, 5.41) is 6.98. The van der Waals surface area contributed by atoms with Crippen molar-refractivity contribution in [2.75, 3.05) is 18.6 Å². The Kier molecular flexibility index (Phi) is 3.56. The Balaban J connectivity index is 1.76. The lowest BCUT2D eigenvalue weighted by atomic mass is 10.1. The fourth-order valence-electron chi connectivity index (χ4n) is 1.91. The Morgan fingerprint density at radius 3 is 2.70 bits per heavy atom. The number of aryl methyl sites for hydroxylation is 2. The molecular formula is C14H15N3O2S. The number of fused-ring (bicyclic) bond motifs is 1. The minimum atomic E-state index is 0.587. The molecule has 0 fully saturated rings.